The van der Waals surface area contributed by atoms with Gasteiger partial charge in [-0.05, 0) is 48.5 Å². The van der Waals surface area contributed by atoms with Crippen molar-refractivity contribution in [1.82, 2.24) is 4.98 Å². The summed E-state index contributed by atoms with van der Waals surface area (Å²) in [5, 5.41) is 2.74. The van der Waals surface area contributed by atoms with Crippen LogP contribution in [0.4, 0.5) is 5.69 Å². The van der Waals surface area contributed by atoms with Gasteiger partial charge in [-0.25, -0.2) is 0 Å². The second-order valence-corrected chi connectivity index (χ2v) is 6.32. The van der Waals surface area contributed by atoms with Gasteiger partial charge in [-0.2, -0.15) is 0 Å². The predicted molar refractivity (Wildman–Crippen MR) is 109 cm³/mol. The molecule has 146 valence electrons. The van der Waals surface area contributed by atoms with Crippen LogP contribution in [-0.2, 0) is 4.79 Å². The van der Waals surface area contributed by atoms with Crippen molar-refractivity contribution in [3.05, 3.63) is 89.7 Å². The van der Waals surface area contributed by atoms with Gasteiger partial charge in [0.15, 0.2) is 11.6 Å². The van der Waals surface area contributed by atoms with E-state index in [0.29, 0.717) is 28.1 Å². The van der Waals surface area contributed by atoms with Crippen LogP contribution in [0.3, 0.4) is 0 Å². The number of hydrogen-bond donors (Lipinski definition) is 1. The van der Waals surface area contributed by atoms with Gasteiger partial charge >= 0.3 is 0 Å². The van der Waals surface area contributed by atoms with E-state index in [1.807, 2.05) is 0 Å². The summed E-state index contributed by atoms with van der Waals surface area (Å²) >= 11 is 0. The van der Waals surface area contributed by atoms with Crippen LogP contribution >= 0.6 is 0 Å². The van der Waals surface area contributed by atoms with E-state index in [9.17, 15) is 14.4 Å². The highest BCUT2D eigenvalue weighted by atomic mass is 16.5. The van der Waals surface area contributed by atoms with Gasteiger partial charge in [0.2, 0.25) is 5.91 Å². The molecule has 6 nitrogen and oxygen atoms in total. The van der Waals surface area contributed by atoms with E-state index in [1.54, 1.807) is 74.0 Å². The van der Waals surface area contributed by atoms with Crippen molar-refractivity contribution in [2.45, 2.75) is 12.8 Å². The number of ketones is 2. The third-order valence-electron chi connectivity index (χ3n) is 4.36. The molecule has 0 saturated heterocycles. The molecule has 0 aliphatic rings. The van der Waals surface area contributed by atoms with E-state index in [4.69, 9.17) is 4.74 Å². The fraction of sp³-hybridized carbons (Fsp3) is 0.130. The van der Waals surface area contributed by atoms with Crippen LogP contribution in [-0.4, -0.2) is 29.6 Å². The summed E-state index contributed by atoms with van der Waals surface area (Å²) in [6, 6.07) is 16.9. The van der Waals surface area contributed by atoms with Crippen molar-refractivity contribution in [3.8, 4) is 5.75 Å². The molecule has 1 N–H and O–H groups in total. The standard InChI is InChI=1S/C23H20N2O4/c1-29-18-10-8-16(9-11-18)23(28)19-6-2-3-7-20(19)25-22(27)13-12-21(26)17-5-4-14-24-15-17/h2-11,14-15H,12-13H2,1H3,(H,25,27). The number of methoxy groups -OCH3 is 1. The zero-order valence-corrected chi connectivity index (χ0v) is 15.9. The first-order valence-corrected chi connectivity index (χ1v) is 9.09. The topological polar surface area (TPSA) is 85.4 Å². The lowest BCUT2D eigenvalue weighted by molar-refractivity contribution is -0.116. The lowest BCUT2D eigenvalue weighted by Gasteiger charge is -2.11. The predicted octanol–water partition coefficient (Wildman–Crippen LogP) is 3.92. The van der Waals surface area contributed by atoms with Gasteiger partial charge < -0.3 is 10.1 Å². The summed E-state index contributed by atoms with van der Waals surface area (Å²) in [7, 11) is 1.56. The molecule has 1 aromatic heterocycles. The van der Waals surface area contributed by atoms with Crippen LogP contribution < -0.4 is 10.1 Å². The number of nitrogens with zero attached hydrogens (tertiary/aromatic N) is 1. The maximum absolute atomic E-state index is 12.8. The summed E-state index contributed by atoms with van der Waals surface area (Å²) < 4.78 is 5.11. The van der Waals surface area contributed by atoms with Crippen molar-refractivity contribution in [3.63, 3.8) is 0 Å². The fourth-order valence-corrected chi connectivity index (χ4v) is 2.80. The lowest BCUT2D eigenvalue weighted by atomic mass is 10.0. The van der Waals surface area contributed by atoms with Gasteiger partial charge in [0.1, 0.15) is 5.75 Å². The number of rotatable bonds is 8. The van der Waals surface area contributed by atoms with Crippen molar-refractivity contribution in [1.29, 1.82) is 0 Å². The Balaban J connectivity index is 1.67. The normalized spacial score (nSPS) is 10.2. The Morgan fingerprint density at radius 1 is 0.897 bits per heavy atom. The molecular formula is C23H20N2O4. The number of nitrogens with one attached hydrogen (secondary N) is 1. The van der Waals surface area contributed by atoms with E-state index < -0.39 is 0 Å². The Hall–Kier alpha value is -3.80. The quantitative estimate of drug-likeness (QED) is 0.591. The molecule has 0 aliphatic heterocycles. The van der Waals surface area contributed by atoms with E-state index in [1.165, 1.54) is 6.20 Å². The smallest absolute Gasteiger partial charge is 0.224 e. The minimum Gasteiger partial charge on any atom is -0.497 e. The molecule has 0 atom stereocenters. The van der Waals surface area contributed by atoms with E-state index in [0.717, 1.165) is 0 Å². The van der Waals surface area contributed by atoms with Gasteiger partial charge in [0.05, 0.1) is 12.8 Å². The molecule has 0 radical (unpaired) electrons. The molecule has 29 heavy (non-hydrogen) atoms. The minimum atomic E-state index is -0.336. The van der Waals surface area contributed by atoms with Crippen LogP contribution in [0.25, 0.3) is 0 Å². The Morgan fingerprint density at radius 2 is 1.66 bits per heavy atom. The molecular weight excluding hydrogens is 368 g/mol. The molecule has 6 heteroatoms. The van der Waals surface area contributed by atoms with E-state index in [-0.39, 0.29) is 30.3 Å². The molecule has 1 amide bonds. The van der Waals surface area contributed by atoms with Gasteiger partial charge in [-0.1, -0.05) is 12.1 Å². The van der Waals surface area contributed by atoms with Crippen LogP contribution in [0, 0.1) is 0 Å². The summed E-state index contributed by atoms with van der Waals surface area (Å²) in [4.78, 5) is 41.2. The monoisotopic (exact) mass is 388 g/mol. The minimum absolute atomic E-state index is 0.0127. The average Bonchev–Trinajstić information content (AvgIpc) is 2.78. The van der Waals surface area contributed by atoms with Crippen LogP contribution in [0.2, 0.25) is 0 Å². The zero-order chi connectivity index (χ0) is 20.6. The second kappa shape index (κ2) is 9.41. The van der Waals surface area contributed by atoms with Gasteiger partial charge in [-0.15, -0.1) is 0 Å². The van der Waals surface area contributed by atoms with Crippen LogP contribution in [0.1, 0.15) is 39.1 Å². The number of carbonyl (C=O) groups is 3. The third kappa shape index (κ3) is 5.13. The lowest BCUT2D eigenvalue weighted by Crippen LogP contribution is -2.16. The van der Waals surface area contributed by atoms with Crippen molar-refractivity contribution in [2.75, 3.05) is 12.4 Å². The Morgan fingerprint density at radius 3 is 2.34 bits per heavy atom. The third-order valence-corrected chi connectivity index (χ3v) is 4.36. The molecule has 0 bridgehead atoms. The first-order valence-electron chi connectivity index (χ1n) is 9.09. The highest BCUT2D eigenvalue weighted by Crippen LogP contribution is 2.21. The molecule has 0 unspecified atom stereocenters. The average molecular weight is 388 g/mol. The first-order chi connectivity index (χ1) is 14.1. The van der Waals surface area contributed by atoms with Gasteiger partial charge in [0, 0.05) is 41.9 Å². The molecule has 3 rings (SSSR count). The number of pyridine rings is 1. The maximum atomic E-state index is 12.8. The molecule has 0 spiro atoms. The number of ether oxygens (including phenoxy) is 1. The van der Waals surface area contributed by atoms with E-state index in [2.05, 4.69) is 10.3 Å². The summed E-state index contributed by atoms with van der Waals surface area (Å²) in [5.41, 5.74) is 1.74. The number of hydrogen-bond acceptors (Lipinski definition) is 5. The van der Waals surface area contributed by atoms with Gasteiger partial charge in [-0.3, -0.25) is 19.4 Å². The molecule has 0 fully saturated rings. The maximum Gasteiger partial charge on any atom is 0.224 e. The summed E-state index contributed by atoms with van der Waals surface area (Å²) in [5.74, 6) is -0.0514. The van der Waals surface area contributed by atoms with Crippen LogP contribution in [0.5, 0.6) is 5.75 Å². The fourth-order valence-electron chi connectivity index (χ4n) is 2.80. The molecule has 0 saturated carbocycles. The molecule has 3 aromatic rings. The zero-order valence-electron chi connectivity index (χ0n) is 15.9. The first kappa shape index (κ1) is 19.9. The molecule has 0 aliphatic carbocycles. The highest BCUT2D eigenvalue weighted by molar-refractivity contribution is 6.14. The summed E-state index contributed by atoms with van der Waals surface area (Å²) in [6.07, 6.45) is 3.13. The SMILES string of the molecule is COc1ccc(C(=O)c2ccccc2NC(=O)CCC(=O)c2cccnc2)cc1. The van der Waals surface area contributed by atoms with Crippen LogP contribution in [0.15, 0.2) is 73.1 Å². The number of anilines is 1. The van der Waals surface area contributed by atoms with Crippen molar-refractivity contribution in [2.24, 2.45) is 0 Å². The number of amides is 1. The van der Waals surface area contributed by atoms with Gasteiger partial charge in [0.25, 0.3) is 0 Å². The number of aromatic nitrogens is 1. The number of Topliss-reactive ketones (excluding diaryl/α,β-unsaturated/α-hetero) is 1. The van der Waals surface area contributed by atoms with Crippen molar-refractivity contribution >= 4 is 23.2 Å². The highest BCUT2D eigenvalue weighted by Gasteiger charge is 2.16. The number of carbonyl (C=O) groups excluding carboxylic acids is 3. The Labute approximate surface area is 168 Å². The Bertz CT molecular complexity index is 1010. The summed E-state index contributed by atoms with van der Waals surface area (Å²) in [6.45, 7) is 0. The number of para-hydroxylation sites is 1. The van der Waals surface area contributed by atoms with E-state index >= 15 is 0 Å². The number of benzene rings is 2. The Kier molecular flexibility index (Phi) is 6.47. The molecule has 1 heterocycles. The second-order valence-electron chi connectivity index (χ2n) is 6.32. The molecule has 2 aromatic carbocycles. The largest absolute Gasteiger partial charge is 0.497 e. The van der Waals surface area contributed by atoms with Crippen molar-refractivity contribution < 1.29 is 19.1 Å².